The van der Waals surface area contributed by atoms with Crippen LogP contribution in [0.3, 0.4) is 0 Å². The minimum Gasteiger partial charge on any atom is -0.493 e. The van der Waals surface area contributed by atoms with Crippen molar-refractivity contribution in [2.45, 2.75) is 13.8 Å². The standard InChI is InChI=1S/C23H23FN2O5S/c1-4-31-18-8-6-15(11-19(18)30-3)12-20-22(28)26(23(29)32-20)10-9-25-21(27)16-7-5-14(2)17(24)13-16/h5-8,11-13H,4,9-10H2,1-3H3,(H,25,27)/b20-12-. The Kier molecular flexibility index (Phi) is 7.53. The molecule has 9 heteroatoms. The van der Waals surface area contributed by atoms with E-state index in [9.17, 15) is 18.8 Å². The number of nitrogens with one attached hydrogen (secondary N) is 1. The van der Waals surface area contributed by atoms with Gasteiger partial charge in [-0.2, -0.15) is 0 Å². The Hall–Kier alpha value is -3.33. The number of halogens is 1. The zero-order valence-electron chi connectivity index (χ0n) is 17.9. The van der Waals surface area contributed by atoms with Crippen LogP contribution in [0, 0.1) is 12.7 Å². The highest BCUT2D eigenvalue weighted by atomic mass is 32.2. The fourth-order valence-electron chi connectivity index (χ4n) is 3.01. The van der Waals surface area contributed by atoms with Gasteiger partial charge in [-0.25, -0.2) is 4.39 Å². The maximum atomic E-state index is 13.6. The number of benzene rings is 2. The summed E-state index contributed by atoms with van der Waals surface area (Å²) < 4.78 is 24.4. The molecular weight excluding hydrogens is 435 g/mol. The number of aryl methyl sites for hydroxylation is 1. The molecule has 0 spiro atoms. The van der Waals surface area contributed by atoms with E-state index in [-0.39, 0.29) is 23.6 Å². The highest BCUT2D eigenvalue weighted by Crippen LogP contribution is 2.34. The van der Waals surface area contributed by atoms with Crippen molar-refractivity contribution in [1.82, 2.24) is 10.2 Å². The van der Waals surface area contributed by atoms with E-state index >= 15 is 0 Å². The summed E-state index contributed by atoms with van der Waals surface area (Å²) in [6.45, 7) is 4.02. The van der Waals surface area contributed by atoms with Gasteiger partial charge in [-0.1, -0.05) is 12.1 Å². The number of hydrogen-bond donors (Lipinski definition) is 1. The normalized spacial score (nSPS) is 14.8. The van der Waals surface area contributed by atoms with Gasteiger partial charge < -0.3 is 14.8 Å². The molecule has 3 rings (SSSR count). The third-order valence-electron chi connectivity index (χ3n) is 4.71. The van der Waals surface area contributed by atoms with Crippen LogP contribution < -0.4 is 14.8 Å². The second-order valence-electron chi connectivity index (χ2n) is 6.90. The van der Waals surface area contributed by atoms with Crippen molar-refractivity contribution in [3.63, 3.8) is 0 Å². The predicted molar refractivity (Wildman–Crippen MR) is 120 cm³/mol. The van der Waals surface area contributed by atoms with Crippen LogP contribution in [0.1, 0.15) is 28.4 Å². The lowest BCUT2D eigenvalue weighted by molar-refractivity contribution is -0.122. The van der Waals surface area contributed by atoms with Crippen LogP contribution in [0.4, 0.5) is 9.18 Å². The Labute approximate surface area is 189 Å². The number of carbonyl (C=O) groups excluding carboxylic acids is 3. The zero-order valence-corrected chi connectivity index (χ0v) is 18.8. The van der Waals surface area contributed by atoms with Crippen molar-refractivity contribution < 1.29 is 28.2 Å². The number of carbonyl (C=O) groups is 3. The van der Waals surface area contributed by atoms with E-state index in [0.717, 1.165) is 22.7 Å². The Morgan fingerprint density at radius 1 is 1.19 bits per heavy atom. The van der Waals surface area contributed by atoms with E-state index in [1.54, 1.807) is 31.2 Å². The van der Waals surface area contributed by atoms with Gasteiger partial charge in [0.1, 0.15) is 5.82 Å². The molecule has 1 aliphatic heterocycles. The summed E-state index contributed by atoms with van der Waals surface area (Å²) in [7, 11) is 1.52. The van der Waals surface area contributed by atoms with Crippen molar-refractivity contribution in [3.05, 3.63) is 63.8 Å². The molecule has 32 heavy (non-hydrogen) atoms. The van der Waals surface area contributed by atoms with Gasteiger partial charge in [0.25, 0.3) is 17.1 Å². The number of amides is 3. The first-order valence-electron chi connectivity index (χ1n) is 9.94. The molecule has 1 aliphatic rings. The lowest BCUT2D eigenvalue weighted by Gasteiger charge is -2.13. The van der Waals surface area contributed by atoms with Crippen LogP contribution in [0.25, 0.3) is 6.08 Å². The van der Waals surface area contributed by atoms with E-state index < -0.39 is 22.9 Å². The molecule has 0 saturated carbocycles. The first-order chi connectivity index (χ1) is 15.3. The largest absolute Gasteiger partial charge is 0.493 e. The summed E-state index contributed by atoms with van der Waals surface area (Å²) in [5.41, 5.74) is 1.30. The van der Waals surface area contributed by atoms with Crippen molar-refractivity contribution in [2.24, 2.45) is 0 Å². The molecule has 168 valence electrons. The molecule has 7 nitrogen and oxygen atoms in total. The number of hydrogen-bond acceptors (Lipinski definition) is 6. The predicted octanol–water partition coefficient (Wildman–Crippen LogP) is 4.01. The molecule has 0 atom stereocenters. The third kappa shape index (κ3) is 5.28. The summed E-state index contributed by atoms with van der Waals surface area (Å²) >= 11 is 0.827. The molecule has 1 saturated heterocycles. The molecule has 3 amide bonds. The number of methoxy groups -OCH3 is 1. The fraction of sp³-hybridized carbons (Fsp3) is 0.261. The van der Waals surface area contributed by atoms with Gasteiger partial charge in [0.05, 0.1) is 18.6 Å². The second kappa shape index (κ2) is 10.3. The Morgan fingerprint density at radius 3 is 2.66 bits per heavy atom. The smallest absolute Gasteiger partial charge is 0.293 e. The van der Waals surface area contributed by atoms with E-state index in [2.05, 4.69) is 5.32 Å². The average molecular weight is 459 g/mol. The number of imide groups is 1. The number of nitrogens with zero attached hydrogens (tertiary/aromatic N) is 1. The van der Waals surface area contributed by atoms with Gasteiger partial charge in [0.15, 0.2) is 11.5 Å². The van der Waals surface area contributed by atoms with Gasteiger partial charge >= 0.3 is 0 Å². The van der Waals surface area contributed by atoms with Crippen LogP contribution in [-0.2, 0) is 4.79 Å². The maximum Gasteiger partial charge on any atom is 0.293 e. The van der Waals surface area contributed by atoms with E-state index in [4.69, 9.17) is 9.47 Å². The maximum absolute atomic E-state index is 13.6. The van der Waals surface area contributed by atoms with Crippen LogP contribution in [0.15, 0.2) is 41.3 Å². The fourth-order valence-corrected chi connectivity index (χ4v) is 3.88. The highest BCUT2D eigenvalue weighted by Gasteiger charge is 2.34. The van der Waals surface area contributed by atoms with Crippen LogP contribution in [-0.4, -0.2) is 48.8 Å². The first kappa shape index (κ1) is 23.3. The van der Waals surface area contributed by atoms with Crippen molar-refractivity contribution in [3.8, 4) is 11.5 Å². The van der Waals surface area contributed by atoms with E-state index in [1.807, 2.05) is 6.92 Å². The average Bonchev–Trinajstić information content (AvgIpc) is 3.04. The molecule has 1 N–H and O–H groups in total. The summed E-state index contributed by atoms with van der Waals surface area (Å²) in [6.07, 6.45) is 1.61. The van der Waals surface area contributed by atoms with Gasteiger partial charge in [-0.05, 0) is 67.1 Å². The van der Waals surface area contributed by atoms with Crippen molar-refractivity contribution in [1.29, 1.82) is 0 Å². The molecule has 0 aliphatic carbocycles. The highest BCUT2D eigenvalue weighted by molar-refractivity contribution is 8.18. The van der Waals surface area contributed by atoms with E-state index in [1.165, 1.54) is 19.2 Å². The molecule has 2 aromatic rings. The summed E-state index contributed by atoms with van der Waals surface area (Å²) in [5, 5.41) is 2.18. The zero-order chi connectivity index (χ0) is 23.3. The lowest BCUT2D eigenvalue weighted by atomic mass is 10.1. The summed E-state index contributed by atoms with van der Waals surface area (Å²) in [5.74, 6) is -0.282. The molecule has 1 heterocycles. The van der Waals surface area contributed by atoms with Gasteiger partial charge in [0.2, 0.25) is 0 Å². The molecule has 1 fully saturated rings. The molecule has 0 unspecified atom stereocenters. The molecule has 0 radical (unpaired) electrons. The summed E-state index contributed by atoms with van der Waals surface area (Å²) in [6, 6.07) is 9.41. The van der Waals surface area contributed by atoms with Gasteiger partial charge in [0, 0.05) is 18.7 Å². The number of thioether (sulfide) groups is 1. The van der Waals surface area contributed by atoms with Crippen molar-refractivity contribution >= 4 is 34.9 Å². The SMILES string of the molecule is CCOc1ccc(/C=C2\SC(=O)N(CCNC(=O)c3ccc(C)c(F)c3)C2=O)cc1OC. The Morgan fingerprint density at radius 2 is 1.97 bits per heavy atom. The molecule has 0 bridgehead atoms. The van der Waals surface area contributed by atoms with Gasteiger partial charge in [-0.3, -0.25) is 19.3 Å². The third-order valence-corrected chi connectivity index (χ3v) is 5.62. The van der Waals surface area contributed by atoms with Crippen molar-refractivity contribution in [2.75, 3.05) is 26.8 Å². The Bertz CT molecular complexity index is 1090. The monoisotopic (exact) mass is 458 g/mol. The van der Waals surface area contributed by atoms with Crippen LogP contribution in [0.5, 0.6) is 11.5 Å². The topological polar surface area (TPSA) is 84.9 Å². The molecule has 2 aromatic carbocycles. The van der Waals surface area contributed by atoms with Gasteiger partial charge in [-0.15, -0.1) is 0 Å². The molecule has 0 aromatic heterocycles. The number of rotatable bonds is 8. The number of ether oxygens (including phenoxy) is 2. The quantitative estimate of drug-likeness (QED) is 0.602. The minimum absolute atomic E-state index is 0.00862. The minimum atomic E-state index is -0.479. The van der Waals surface area contributed by atoms with Crippen LogP contribution in [0.2, 0.25) is 0 Å². The second-order valence-corrected chi connectivity index (χ2v) is 7.89. The first-order valence-corrected chi connectivity index (χ1v) is 10.8. The Balaban J connectivity index is 1.63. The van der Waals surface area contributed by atoms with Crippen LogP contribution >= 0.6 is 11.8 Å². The lowest BCUT2D eigenvalue weighted by Crippen LogP contribution is -2.37. The van der Waals surface area contributed by atoms with E-state index in [0.29, 0.717) is 29.2 Å². The molecular formula is C23H23FN2O5S. The summed E-state index contributed by atoms with van der Waals surface area (Å²) in [4.78, 5) is 38.5.